The molecule has 1 aromatic carbocycles. The number of hydroxylamine groups is 2. The number of rotatable bonds is 10. The summed E-state index contributed by atoms with van der Waals surface area (Å²) in [6.07, 6.45) is 2.57. The number of fused-ring (bicyclic) bond motifs is 1. The van der Waals surface area contributed by atoms with Crippen molar-refractivity contribution in [3.8, 4) is 10.4 Å². The van der Waals surface area contributed by atoms with E-state index in [1.54, 1.807) is 0 Å². The van der Waals surface area contributed by atoms with E-state index in [4.69, 9.17) is 9.25 Å². The molecule has 8 nitrogen and oxygen atoms in total. The van der Waals surface area contributed by atoms with Crippen LogP contribution in [0.3, 0.4) is 0 Å². The molecule has 9 heteroatoms. The fourth-order valence-electron chi connectivity index (χ4n) is 3.92. The average Bonchev–Trinajstić information content (AvgIpc) is 3.47. The van der Waals surface area contributed by atoms with E-state index in [2.05, 4.69) is 11.8 Å². The number of amides is 2. The van der Waals surface area contributed by atoms with Crippen LogP contribution in [0, 0.1) is 0 Å². The van der Waals surface area contributed by atoms with Gasteiger partial charge in [-0.15, -0.1) is 16.4 Å². The van der Waals surface area contributed by atoms with Gasteiger partial charge in [-0.05, 0) is 49.4 Å². The number of thiophene rings is 1. The second-order valence-corrected chi connectivity index (χ2v) is 9.03. The van der Waals surface area contributed by atoms with Crippen LogP contribution in [0.15, 0.2) is 51.0 Å². The SMILES string of the molecule is CCN(CCCCCC(=O)ON1C(=O)CCC1=O)c1ccc2cc(-c3cccs3)c(=O)oc2c1. The number of unbranched alkanes of at least 4 members (excludes halogenated alkanes) is 2. The zero-order chi connectivity index (χ0) is 24.1. The molecule has 4 rings (SSSR count). The van der Waals surface area contributed by atoms with E-state index >= 15 is 0 Å². The van der Waals surface area contributed by atoms with Crippen molar-refractivity contribution in [2.45, 2.75) is 45.4 Å². The molecule has 1 aliphatic rings. The highest BCUT2D eigenvalue weighted by atomic mass is 32.1. The van der Waals surface area contributed by atoms with Crippen molar-refractivity contribution in [1.82, 2.24) is 5.06 Å². The first-order valence-corrected chi connectivity index (χ1v) is 12.3. The van der Waals surface area contributed by atoms with Crippen molar-refractivity contribution in [1.29, 1.82) is 0 Å². The molecule has 0 aliphatic carbocycles. The van der Waals surface area contributed by atoms with Gasteiger partial charge in [0.05, 0.1) is 5.56 Å². The lowest BCUT2D eigenvalue weighted by atomic mass is 10.1. The molecule has 0 atom stereocenters. The Balaban J connectivity index is 1.30. The van der Waals surface area contributed by atoms with Crippen LogP contribution in [0.2, 0.25) is 0 Å². The summed E-state index contributed by atoms with van der Waals surface area (Å²) >= 11 is 1.50. The number of hydrogen-bond acceptors (Lipinski definition) is 8. The van der Waals surface area contributed by atoms with Gasteiger partial charge in [0.25, 0.3) is 11.8 Å². The molecule has 3 aromatic rings. The summed E-state index contributed by atoms with van der Waals surface area (Å²) in [7, 11) is 0. The first-order valence-electron chi connectivity index (χ1n) is 11.4. The molecule has 3 heterocycles. The van der Waals surface area contributed by atoms with Gasteiger partial charge in [0.1, 0.15) is 5.58 Å². The normalized spacial score (nSPS) is 13.6. The molecule has 1 saturated heterocycles. The maximum absolute atomic E-state index is 12.5. The van der Waals surface area contributed by atoms with E-state index < -0.39 is 17.8 Å². The number of carbonyl (C=O) groups is 3. The first kappa shape index (κ1) is 23.7. The highest BCUT2D eigenvalue weighted by Gasteiger charge is 2.32. The van der Waals surface area contributed by atoms with E-state index in [0.29, 0.717) is 22.6 Å². The molecule has 0 unspecified atom stereocenters. The molecule has 0 radical (unpaired) electrons. The van der Waals surface area contributed by atoms with Gasteiger partial charge in [-0.3, -0.25) is 9.59 Å². The summed E-state index contributed by atoms with van der Waals surface area (Å²) in [6, 6.07) is 11.6. The van der Waals surface area contributed by atoms with Crippen molar-refractivity contribution < 1.29 is 23.6 Å². The van der Waals surface area contributed by atoms with Gasteiger partial charge in [0.15, 0.2) is 0 Å². The van der Waals surface area contributed by atoms with E-state index in [0.717, 1.165) is 41.9 Å². The molecule has 0 saturated carbocycles. The Bertz CT molecular complexity index is 1230. The van der Waals surface area contributed by atoms with Crippen LogP contribution in [-0.4, -0.2) is 35.9 Å². The Labute approximate surface area is 200 Å². The van der Waals surface area contributed by atoms with Crippen LogP contribution >= 0.6 is 11.3 Å². The number of carbonyl (C=O) groups excluding carboxylic acids is 3. The number of benzene rings is 1. The topological polar surface area (TPSA) is 97.1 Å². The molecule has 178 valence electrons. The lowest BCUT2D eigenvalue weighted by molar-refractivity contribution is -0.197. The lowest BCUT2D eigenvalue weighted by Gasteiger charge is -2.23. The summed E-state index contributed by atoms with van der Waals surface area (Å²) in [5, 5.41) is 3.39. The third-order valence-electron chi connectivity index (χ3n) is 5.76. The summed E-state index contributed by atoms with van der Waals surface area (Å²) in [6.45, 7) is 3.61. The highest BCUT2D eigenvalue weighted by molar-refractivity contribution is 7.13. The second-order valence-electron chi connectivity index (χ2n) is 8.08. The molecule has 1 aliphatic heterocycles. The number of imide groups is 1. The largest absolute Gasteiger partial charge is 0.422 e. The van der Waals surface area contributed by atoms with Crippen molar-refractivity contribution >= 4 is 45.8 Å². The molecule has 1 fully saturated rings. The van der Waals surface area contributed by atoms with Gasteiger partial charge in [-0.2, -0.15) is 0 Å². The highest BCUT2D eigenvalue weighted by Crippen LogP contribution is 2.27. The van der Waals surface area contributed by atoms with Gasteiger partial charge in [0.2, 0.25) is 0 Å². The number of nitrogens with zero attached hydrogens (tertiary/aromatic N) is 2. The second kappa shape index (κ2) is 10.6. The quantitative estimate of drug-likeness (QED) is 0.238. The number of anilines is 1. The third kappa shape index (κ3) is 5.36. The smallest absolute Gasteiger partial charge is 0.345 e. The fraction of sp³-hybridized carbons (Fsp3) is 0.360. The van der Waals surface area contributed by atoms with Gasteiger partial charge >= 0.3 is 11.6 Å². The maximum atomic E-state index is 12.5. The fourth-order valence-corrected chi connectivity index (χ4v) is 4.65. The van der Waals surface area contributed by atoms with Crippen molar-refractivity contribution in [2.75, 3.05) is 18.0 Å². The third-order valence-corrected chi connectivity index (χ3v) is 6.66. The molecule has 34 heavy (non-hydrogen) atoms. The predicted molar refractivity (Wildman–Crippen MR) is 129 cm³/mol. The Morgan fingerprint density at radius 1 is 1.09 bits per heavy atom. The lowest BCUT2D eigenvalue weighted by Crippen LogP contribution is -2.31. The summed E-state index contributed by atoms with van der Waals surface area (Å²) in [5.41, 5.74) is 1.74. The van der Waals surface area contributed by atoms with E-state index in [-0.39, 0.29) is 24.9 Å². The Morgan fingerprint density at radius 3 is 2.59 bits per heavy atom. The Kier molecular flexibility index (Phi) is 7.42. The van der Waals surface area contributed by atoms with Crippen molar-refractivity contribution in [2.24, 2.45) is 0 Å². The summed E-state index contributed by atoms with van der Waals surface area (Å²) in [4.78, 5) is 55.4. The summed E-state index contributed by atoms with van der Waals surface area (Å²) < 4.78 is 5.61. The van der Waals surface area contributed by atoms with E-state index in [1.807, 2.05) is 41.8 Å². The number of hydrogen-bond donors (Lipinski definition) is 0. The van der Waals surface area contributed by atoms with Crippen LogP contribution in [-0.2, 0) is 19.2 Å². The van der Waals surface area contributed by atoms with E-state index in [9.17, 15) is 19.2 Å². The van der Waals surface area contributed by atoms with Gasteiger partial charge in [0, 0.05) is 54.4 Å². The van der Waals surface area contributed by atoms with Crippen molar-refractivity contribution in [3.05, 3.63) is 52.2 Å². The molecule has 2 amide bonds. The van der Waals surface area contributed by atoms with Gasteiger partial charge in [-0.25, -0.2) is 9.59 Å². The molecule has 2 aromatic heterocycles. The van der Waals surface area contributed by atoms with Crippen molar-refractivity contribution in [3.63, 3.8) is 0 Å². The monoisotopic (exact) mass is 482 g/mol. The van der Waals surface area contributed by atoms with E-state index in [1.165, 1.54) is 11.3 Å². The minimum atomic E-state index is -0.567. The van der Waals surface area contributed by atoms with Crippen LogP contribution in [0.5, 0.6) is 0 Å². The van der Waals surface area contributed by atoms with Gasteiger partial charge < -0.3 is 14.2 Å². The predicted octanol–water partition coefficient (Wildman–Crippen LogP) is 4.52. The van der Waals surface area contributed by atoms with Gasteiger partial charge in [-0.1, -0.05) is 12.5 Å². The Morgan fingerprint density at radius 2 is 1.88 bits per heavy atom. The summed E-state index contributed by atoms with van der Waals surface area (Å²) in [5.74, 6) is -1.50. The zero-order valence-electron chi connectivity index (χ0n) is 19.0. The molecule has 0 bridgehead atoms. The van der Waals surface area contributed by atoms with Crippen LogP contribution in [0.1, 0.15) is 45.4 Å². The van der Waals surface area contributed by atoms with Crippen LogP contribution in [0.4, 0.5) is 5.69 Å². The van der Waals surface area contributed by atoms with Crippen LogP contribution in [0.25, 0.3) is 21.4 Å². The maximum Gasteiger partial charge on any atom is 0.345 e. The Hall–Kier alpha value is -3.46. The first-order chi connectivity index (χ1) is 16.5. The van der Waals surface area contributed by atoms with Crippen LogP contribution < -0.4 is 10.5 Å². The standard InChI is InChI=1S/C25H26N2O6S/c1-2-26(13-5-3-4-8-24(30)33-27-22(28)11-12-23(27)29)18-10-9-17-15-19(21-7-6-14-34-21)25(31)32-20(17)16-18/h6-7,9-10,14-16H,2-5,8,11-13H2,1H3. The molecule has 0 spiro atoms. The minimum Gasteiger partial charge on any atom is -0.422 e. The molecular formula is C25H26N2O6S. The molecular weight excluding hydrogens is 456 g/mol. The average molecular weight is 483 g/mol. The molecule has 0 N–H and O–H groups in total. The minimum absolute atomic E-state index is 0.0902. The zero-order valence-corrected chi connectivity index (χ0v) is 19.8.